The van der Waals surface area contributed by atoms with Gasteiger partial charge in [-0.1, -0.05) is 37.3 Å². The number of anilines is 2. The number of rotatable bonds is 7. The molecule has 1 heterocycles. The molecule has 27 heavy (non-hydrogen) atoms. The number of ether oxygens (including phenoxy) is 1. The van der Waals surface area contributed by atoms with Gasteiger partial charge < -0.3 is 15.4 Å². The summed E-state index contributed by atoms with van der Waals surface area (Å²) in [5.74, 6) is 1.82. The van der Waals surface area contributed by atoms with E-state index in [1.54, 1.807) is 12.3 Å². The summed E-state index contributed by atoms with van der Waals surface area (Å²) in [6.45, 7) is 4.19. The third-order valence-corrected chi connectivity index (χ3v) is 4.14. The highest BCUT2D eigenvalue weighted by molar-refractivity contribution is 6.04. The number of carbonyl (C=O) groups excluding carboxylic acids is 1. The number of pyridine rings is 1. The summed E-state index contributed by atoms with van der Waals surface area (Å²) in [6, 6.07) is 20.7. The Balaban J connectivity index is 1.71. The van der Waals surface area contributed by atoms with Crippen LogP contribution < -0.4 is 15.4 Å². The predicted octanol–water partition coefficient (Wildman–Crippen LogP) is 5.34. The monoisotopic (exact) mass is 361 g/mol. The van der Waals surface area contributed by atoms with Gasteiger partial charge >= 0.3 is 0 Å². The summed E-state index contributed by atoms with van der Waals surface area (Å²) >= 11 is 0. The largest absolute Gasteiger partial charge is 0.455 e. The molecular formula is C22H23N3O2. The molecule has 2 aromatic carbocycles. The van der Waals surface area contributed by atoms with Crippen molar-refractivity contribution in [3.63, 3.8) is 0 Å². The van der Waals surface area contributed by atoms with Gasteiger partial charge in [-0.25, -0.2) is 4.98 Å². The van der Waals surface area contributed by atoms with Crippen LogP contribution >= 0.6 is 0 Å². The summed E-state index contributed by atoms with van der Waals surface area (Å²) < 4.78 is 5.88. The average Bonchev–Trinajstić information content (AvgIpc) is 2.70. The maximum Gasteiger partial charge on any atom is 0.257 e. The van der Waals surface area contributed by atoms with Gasteiger partial charge in [0.2, 0.25) is 0 Å². The van der Waals surface area contributed by atoms with Crippen LogP contribution in [0.5, 0.6) is 11.5 Å². The predicted molar refractivity (Wildman–Crippen MR) is 109 cm³/mol. The quantitative estimate of drug-likeness (QED) is 0.596. The van der Waals surface area contributed by atoms with Crippen LogP contribution in [0.4, 0.5) is 11.5 Å². The zero-order chi connectivity index (χ0) is 19.1. The molecule has 3 rings (SSSR count). The number of aromatic nitrogens is 1. The molecule has 0 bridgehead atoms. The van der Waals surface area contributed by atoms with E-state index in [1.165, 1.54) is 0 Å². The molecule has 3 aromatic rings. The molecule has 1 unspecified atom stereocenters. The van der Waals surface area contributed by atoms with Crippen molar-refractivity contribution in [2.45, 2.75) is 26.3 Å². The molecule has 0 aliphatic rings. The maximum atomic E-state index is 12.6. The molecule has 0 fully saturated rings. The van der Waals surface area contributed by atoms with E-state index in [0.717, 1.165) is 12.2 Å². The molecule has 0 saturated carbocycles. The van der Waals surface area contributed by atoms with Crippen LogP contribution in [-0.4, -0.2) is 16.9 Å². The molecule has 0 saturated heterocycles. The minimum absolute atomic E-state index is 0.235. The van der Waals surface area contributed by atoms with E-state index < -0.39 is 0 Å². The van der Waals surface area contributed by atoms with Crippen molar-refractivity contribution in [2.75, 3.05) is 10.6 Å². The van der Waals surface area contributed by atoms with Crippen LogP contribution in [0.25, 0.3) is 0 Å². The van der Waals surface area contributed by atoms with Gasteiger partial charge in [-0.15, -0.1) is 0 Å². The lowest BCUT2D eigenvalue weighted by atomic mass is 10.2. The van der Waals surface area contributed by atoms with Gasteiger partial charge in [-0.2, -0.15) is 0 Å². The molecule has 2 N–H and O–H groups in total. The van der Waals surface area contributed by atoms with E-state index in [-0.39, 0.29) is 5.91 Å². The van der Waals surface area contributed by atoms with Gasteiger partial charge in [0.1, 0.15) is 11.6 Å². The number of carbonyl (C=O) groups is 1. The van der Waals surface area contributed by atoms with Crippen molar-refractivity contribution < 1.29 is 9.53 Å². The molecule has 1 atom stereocenters. The van der Waals surface area contributed by atoms with Gasteiger partial charge in [0.05, 0.1) is 11.3 Å². The first-order valence-electron chi connectivity index (χ1n) is 9.01. The third-order valence-electron chi connectivity index (χ3n) is 4.14. The Hall–Kier alpha value is -3.34. The fourth-order valence-corrected chi connectivity index (χ4v) is 2.44. The third kappa shape index (κ3) is 5.07. The number of hydrogen-bond acceptors (Lipinski definition) is 4. The van der Waals surface area contributed by atoms with Crippen LogP contribution in [0.3, 0.4) is 0 Å². The van der Waals surface area contributed by atoms with E-state index in [9.17, 15) is 4.79 Å². The Morgan fingerprint density at radius 2 is 1.78 bits per heavy atom. The molecule has 0 radical (unpaired) electrons. The average molecular weight is 361 g/mol. The maximum absolute atomic E-state index is 12.6. The van der Waals surface area contributed by atoms with Crippen LogP contribution in [0, 0.1) is 0 Å². The van der Waals surface area contributed by atoms with Crippen LogP contribution in [-0.2, 0) is 0 Å². The fourth-order valence-electron chi connectivity index (χ4n) is 2.44. The normalized spacial score (nSPS) is 11.5. The van der Waals surface area contributed by atoms with Crippen molar-refractivity contribution in [2.24, 2.45) is 0 Å². The van der Waals surface area contributed by atoms with Crippen molar-refractivity contribution in [1.82, 2.24) is 4.98 Å². The Morgan fingerprint density at radius 3 is 2.48 bits per heavy atom. The SMILES string of the molecule is CCC(C)Nc1ccc(C(=O)Nc2ccccc2Oc2ccccc2)cn1. The van der Waals surface area contributed by atoms with Crippen molar-refractivity contribution in [1.29, 1.82) is 0 Å². The highest BCUT2D eigenvalue weighted by Crippen LogP contribution is 2.29. The molecule has 5 nitrogen and oxygen atoms in total. The number of hydrogen-bond donors (Lipinski definition) is 2. The molecular weight excluding hydrogens is 338 g/mol. The van der Waals surface area contributed by atoms with Crippen LogP contribution in [0.1, 0.15) is 30.6 Å². The second-order valence-electron chi connectivity index (χ2n) is 6.25. The highest BCUT2D eigenvalue weighted by atomic mass is 16.5. The van der Waals surface area contributed by atoms with Crippen molar-refractivity contribution >= 4 is 17.4 Å². The summed E-state index contributed by atoms with van der Waals surface area (Å²) in [5.41, 5.74) is 1.09. The Kier molecular flexibility index (Phi) is 6.05. The smallest absolute Gasteiger partial charge is 0.257 e. The topological polar surface area (TPSA) is 63.2 Å². The second kappa shape index (κ2) is 8.85. The summed E-state index contributed by atoms with van der Waals surface area (Å²) in [5, 5.41) is 6.18. The number of amides is 1. The number of benzene rings is 2. The minimum atomic E-state index is -0.235. The summed E-state index contributed by atoms with van der Waals surface area (Å²) in [7, 11) is 0. The van der Waals surface area contributed by atoms with E-state index in [1.807, 2.05) is 60.7 Å². The van der Waals surface area contributed by atoms with Crippen LogP contribution in [0.15, 0.2) is 72.9 Å². The first kappa shape index (κ1) is 18.5. The summed E-state index contributed by atoms with van der Waals surface area (Å²) in [6.07, 6.45) is 2.57. The number of nitrogens with one attached hydrogen (secondary N) is 2. The standard InChI is InChI=1S/C22H23N3O2/c1-3-16(2)24-21-14-13-17(15-23-21)22(26)25-19-11-7-8-12-20(19)27-18-9-5-4-6-10-18/h4-16H,3H2,1-2H3,(H,23,24)(H,25,26). The minimum Gasteiger partial charge on any atom is -0.455 e. The zero-order valence-corrected chi connectivity index (χ0v) is 15.5. The lowest BCUT2D eigenvalue weighted by Crippen LogP contribution is -2.16. The molecule has 1 aromatic heterocycles. The molecule has 5 heteroatoms. The number of para-hydroxylation sites is 3. The van der Waals surface area contributed by atoms with Gasteiger partial charge in [-0.3, -0.25) is 4.79 Å². The Labute approximate surface area is 159 Å². The van der Waals surface area contributed by atoms with Gasteiger partial charge in [-0.05, 0) is 49.7 Å². The van der Waals surface area contributed by atoms with E-state index in [4.69, 9.17) is 4.74 Å². The lowest BCUT2D eigenvalue weighted by Gasteiger charge is -2.13. The van der Waals surface area contributed by atoms with Crippen molar-refractivity contribution in [3.8, 4) is 11.5 Å². The van der Waals surface area contributed by atoms with Crippen LogP contribution in [0.2, 0.25) is 0 Å². The highest BCUT2D eigenvalue weighted by Gasteiger charge is 2.11. The first-order chi connectivity index (χ1) is 13.2. The molecule has 0 aliphatic heterocycles. The lowest BCUT2D eigenvalue weighted by molar-refractivity contribution is 0.102. The molecule has 0 spiro atoms. The summed E-state index contributed by atoms with van der Waals surface area (Å²) in [4.78, 5) is 16.9. The molecule has 1 amide bonds. The van der Waals surface area contributed by atoms with E-state index >= 15 is 0 Å². The fraction of sp³-hybridized carbons (Fsp3) is 0.182. The van der Waals surface area contributed by atoms with E-state index in [0.29, 0.717) is 28.8 Å². The Bertz CT molecular complexity index is 880. The first-order valence-corrected chi connectivity index (χ1v) is 9.01. The van der Waals surface area contributed by atoms with Gasteiger partial charge in [0.15, 0.2) is 5.75 Å². The Morgan fingerprint density at radius 1 is 1.04 bits per heavy atom. The van der Waals surface area contributed by atoms with Crippen molar-refractivity contribution in [3.05, 3.63) is 78.5 Å². The van der Waals surface area contributed by atoms with Gasteiger partial charge in [0.25, 0.3) is 5.91 Å². The van der Waals surface area contributed by atoms with E-state index in [2.05, 4.69) is 29.5 Å². The molecule has 138 valence electrons. The zero-order valence-electron chi connectivity index (χ0n) is 15.5. The molecule has 0 aliphatic carbocycles. The number of nitrogens with zero attached hydrogens (tertiary/aromatic N) is 1. The second-order valence-corrected chi connectivity index (χ2v) is 6.25. The van der Waals surface area contributed by atoms with Gasteiger partial charge in [0, 0.05) is 12.2 Å².